The molecule has 1 heterocycles. The zero-order valence-electron chi connectivity index (χ0n) is 12.1. The molecular formula is C13H10ClN2NaO5. The van der Waals surface area contributed by atoms with E-state index in [-0.39, 0.29) is 63.7 Å². The van der Waals surface area contributed by atoms with Gasteiger partial charge in [0.05, 0.1) is 36.8 Å². The molecule has 0 spiro atoms. The van der Waals surface area contributed by atoms with Crippen LogP contribution in [-0.4, -0.2) is 30.2 Å². The SMILES string of the molecule is COc1cc(OC)nc(Oc2cccc(Cl)c2C(=O)[O-])n1.[Na+]. The molecule has 0 aliphatic rings. The molecule has 7 nitrogen and oxygen atoms in total. The van der Waals surface area contributed by atoms with Crippen LogP contribution in [0.15, 0.2) is 24.3 Å². The van der Waals surface area contributed by atoms with Gasteiger partial charge in [-0.05, 0) is 12.1 Å². The van der Waals surface area contributed by atoms with Gasteiger partial charge in [0.1, 0.15) is 5.75 Å². The van der Waals surface area contributed by atoms with E-state index in [2.05, 4.69) is 9.97 Å². The predicted octanol–water partition coefficient (Wildman–Crippen LogP) is -1.69. The fourth-order valence-corrected chi connectivity index (χ4v) is 1.77. The molecule has 1 aromatic heterocycles. The first-order chi connectivity index (χ1) is 10.0. The van der Waals surface area contributed by atoms with Crippen molar-refractivity contribution in [1.82, 2.24) is 9.97 Å². The Labute approximate surface area is 153 Å². The molecule has 0 saturated carbocycles. The van der Waals surface area contributed by atoms with Gasteiger partial charge >= 0.3 is 35.6 Å². The van der Waals surface area contributed by atoms with Crippen LogP contribution >= 0.6 is 11.6 Å². The molecule has 0 bridgehead atoms. The molecule has 0 fully saturated rings. The second-order valence-corrected chi connectivity index (χ2v) is 4.14. The smallest absolute Gasteiger partial charge is 0.545 e. The van der Waals surface area contributed by atoms with Crippen LogP contribution in [0.4, 0.5) is 0 Å². The summed E-state index contributed by atoms with van der Waals surface area (Å²) in [5.41, 5.74) is -0.287. The molecule has 0 radical (unpaired) electrons. The average Bonchev–Trinajstić information content (AvgIpc) is 2.46. The molecule has 2 rings (SSSR count). The van der Waals surface area contributed by atoms with Crippen molar-refractivity contribution in [1.29, 1.82) is 0 Å². The van der Waals surface area contributed by atoms with E-state index < -0.39 is 5.97 Å². The summed E-state index contributed by atoms with van der Waals surface area (Å²) in [6.07, 6.45) is 0. The van der Waals surface area contributed by atoms with E-state index >= 15 is 0 Å². The number of carbonyl (C=O) groups is 1. The van der Waals surface area contributed by atoms with Crippen molar-refractivity contribution in [2.75, 3.05) is 14.2 Å². The number of methoxy groups -OCH3 is 2. The molecule has 22 heavy (non-hydrogen) atoms. The first-order valence-electron chi connectivity index (χ1n) is 5.70. The number of aromatic carboxylic acids is 1. The summed E-state index contributed by atoms with van der Waals surface area (Å²) in [4.78, 5) is 19.0. The van der Waals surface area contributed by atoms with E-state index in [4.69, 9.17) is 25.8 Å². The summed E-state index contributed by atoms with van der Waals surface area (Å²) in [5, 5.41) is 11.1. The number of hydrogen-bond donors (Lipinski definition) is 0. The molecule has 0 aliphatic heterocycles. The van der Waals surface area contributed by atoms with E-state index in [0.29, 0.717) is 0 Å². The third kappa shape index (κ3) is 4.23. The molecule has 0 aliphatic carbocycles. The summed E-state index contributed by atoms with van der Waals surface area (Å²) >= 11 is 5.82. The Kier molecular flexibility index (Phi) is 6.89. The van der Waals surface area contributed by atoms with Gasteiger partial charge in [0.15, 0.2) is 0 Å². The number of rotatable bonds is 5. The quantitative estimate of drug-likeness (QED) is 0.603. The van der Waals surface area contributed by atoms with Crippen LogP contribution in [0, 0.1) is 0 Å². The van der Waals surface area contributed by atoms with E-state index in [9.17, 15) is 9.90 Å². The average molecular weight is 333 g/mol. The Bertz CT molecular complexity index is 661. The van der Waals surface area contributed by atoms with E-state index in [0.717, 1.165) is 0 Å². The zero-order chi connectivity index (χ0) is 15.4. The number of ether oxygens (including phenoxy) is 3. The number of aromatic nitrogens is 2. The summed E-state index contributed by atoms with van der Waals surface area (Å²) in [6.45, 7) is 0. The molecule has 0 unspecified atom stereocenters. The van der Waals surface area contributed by atoms with Crippen molar-refractivity contribution < 1.29 is 53.7 Å². The van der Waals surface area contributed by atoms with Crippen LogP contribution < -0.4 is 48.9 Å². The number of carbonyl (C=O) groups excluding carboxylic acids is 1. The van der Waals surface area contributed by atoms with Gasteiger partial charge in [-0.15, -0.1) is 0 Å². The predicted molar refractivity (Wildman–Crippen MR) is 71.0 cm³/mol. The normalized spacial score (nSPS) is 9.59. The first kappa shape index (κ1) is 18.5. The third-order valence-electron chi connectivity index (χ3n) is 2.46. The Hall–Kier alpha value is -1.54. The summed E-state index contributed by atoms with van der Waals surface area (Å²) < 4.78 is 15.3. The summed E-state index contributed by atoms with van der Waals surface area (Å²) in [5.74, 6) is -1.11. The van der Waals surface area contributed by atoms with Crippen molar-refractivity contribution in [3.8, 4) is 23.5 Å². The van der Waals surface area contributed by atoms with Gasteiger partial charge in [-0.25, -0.2) is 0 Å². The van der Waals surface area contributed by atoms with Crippen molar-refractivity contribution in [2.45, 2.75) is 0 Å². The fraction of sp³-hybridized carbons (Fsp3) is 0.154. The minimum absolute atomic E-state index is 0. The van der Waals surface area contributed by atoms with Crippen molar-refractivity contribution >= 4 is 17.6 Å². The standard InChI is InChI=1S/C13H11ClN2O5.Na/c1-19-9-6-10(20-2)16-13(15-9)21-8-5-3-4-7(14)11(8)12(17)18;/h3-6H,1-2H3,(H,17,18);/q;+1/p-1. The number of halogens is 1. The maximum absolute atomic E-state index is 11.1. The zero-order valence-corrected chi connectivity index (χ0v) is 14.9. The molecule has 1 aromatic carbocycles. The van der Waals surface area contributed by atoms with Crippen LogP contribution in [0.2, 0.25) is 5.02 Å². The largest absolute Gasteiger partial charge is 1.00 e. The molecule has 0 saturated heterocycles. The van der Waals surface area contributed by atoms with Crippen molar-refractivity contribution in [3.63, 3.8) is 0 Å². The van der Waals surface area contributed by atoms with Gasteiger partial charge < -0.3 is 24.1 Å². The monoisotopic (exact) mass is 332 g/mol. The van der Waals surface area contributed by atoms with Crippen molar-refractivity contribution in [3.05, 3.63) is 34.9 Å². The first-order valence-corrected chi connectivity index (χ1v) is 6.07. The summed E-state index contributed by atoms with van der Waals surface area (Å²) in [7, 11) is 2.83. The van der Waals surface area contributed by atoms with E-state index in [1.807, 2.05) is 0 Å². The van der Waals surface area contributed by atoms with Gasteiger partial charge in [-0.3, -0.25) is 0 Å². The van der Waals surface area contributed by atoms with E-state index in [1.54, 1.807) is 0 Å². The third-order valence-corrected chi connectivity index (χ3v) is 2.77. The molecule has 2 aromatic rings. The number of carboxylic acid groups (broad SMARTS) is 1. The van der Waals surface area contributed by atoms with Gasteiger partial charge in [0.25, 0.3) is 0 Å². The maximum atomic E-state index is 11.1. The molecule has 0 N–H and O–H groups in total. The Morgan fingerprint density at radius 1 is 1.18 bits per heavy atom. The molecule has 110 valence electrons. The van der Waals surface area contributed by atoms with Crippen LogP contribution in [-0.2, 0) is 0 Å². The van der Waals surface area contributed by atoms with Crippen LogP contribution in [0.5, 0.6) is 23.5 Å². The number of nitrogens with zero attached hydrogens (tertiary/aromatic N) is 2. The maximum Gasteiger partial charge on any atom is 1.00 e. The molecule has 0 atom stereocenters. The minimum atomic E-state index is -1.47. The van der Waals surface area contributed by atoms with Crippen molar-refractivity contribution in [2.24, 2.45) is 0 Å². The second kappa shape index (κ2) is 8.19. The van der Waals surface area contributed by atoms with Gasteiger partial charge in [-0.1, -0.05) is 17.7 Å². The molecule has 0 amide bonds. The van der Waals surface area contributed by atoms with Gasteiger partial charge in [0.2, 0.25) is 11.8 Å². The molecule has 9 heteroatoms. The van der Waals surface area contributed by atoms with Crippen LogP contribution in [0.25, 0.3) is 0 Å². The number of hydrogen-bond acceptors (Lipinski definition) is 7. The van der Waals surface area contributed by atoms with E-state index in [1.165, 1.54) is 38.5 Å². The minimum Gasteiger partial charge on any atom is -0.545 e. The Morgan fingerprint density at radius 2 is 1.77 bits per heavy atom. The Balaban J connectivity index is 0.00000242. The van der Waals surface area contributed by atoms with Gasteiger partial charge in [-0.2, -0.15) is 9.97 Å². The van der Waals surface area contributed by atoms with Gasteiger partial charge in [0, 0.05) is 0 Å². The fourth-order valence-electron chi connectivity index (χ4n) is 1.52. The van der Waals surface area contributed by atoms with Crippen LogP contribution in [0.1, 0.15) is 10.4 Å². The summed E-state index contributed by atoms with van der Waals surface area (Å²) in [6, 6.07) is 5.65. The second-order valence-electron chi connectivity index (χ2n) is 3.74. The topological polar surface area (TPSA) is 93.6 Å². The number of carboxylic acids is 1. The molecular weight excluding hydrogens is 323 g/mol. The Morgan fingerprint density at radius 3 is 2.27 bits per heavy atom. The van der Waals surface area contributed by atoms with Crippen LogP contribution in [0.3, 0.4) is 0 Å². The number of benzene rings is 1.